The Balaban J connectivity index is 1.63. The first kappa shape index (κ1) is 20.1. The van der Waals surface area contributed by atoms with Crippen molar-refractivity contribution < 1.29 is 24.3 Å². The Hall–Kier alpha value is -2.60. The molecule has 0 saturated carbocycles. The highest BCUT2D eigenvalue weighted by atomic mass is 32.2. The summed E-state index contributed by atoms with van der Waals surface area (Å²) in [6.45, 7) is 1.58. The van der Waals surface area contributed by atoms with Crippen LogP contribution < -0.4 is 16.4 Å². The fourth-order valence-electron chi connectivity index (χ4n) is 2.84. The number of nitrogens with two attached hydrogens (primary N) is 1. The Kier molecular flexibility index (Phi) is 6.19. The molecule has 0 spiro atoms. The normalized spacial score (nSPS) is 21.9. The number of thiazole rings is 1. The number of rotatable bonds is 7. The van der Waals surface area contributed by atoms with Gasteiger partial charge in [-0.15, -0.1) is 23.1 Å². The number of allylic oxidation sites excluding steroid dienone is 1. The fourth-order valence-corrected chi connectivity index (χ4v) is 4.60. The van der Waals surface area contributed by atoms with Crippen LogP contribution in [0, 0.1) is 5.92 Å². The Labute approximate surface area is 168 Å². The summed E-state index contributed by atoms with van der Waals surface area (Å²) in [6, 6.07) is 0. The van der Waals surface area contributed by atoms with Crippen LogP contribution in [0.4, 0.5) is 5.13 Å². The first-order chi connectivity index (χ1) is 13.3. The quantitative estimate of drug-likeness (QED) is 0.353. The molecule has 2 heterocycles. The van der Waals surface area contributed by atoms with Crippen molar-refractivity contribution in [3.05, 3.63) is 22.3 Å². The van der Waals surface area contributed by atoms with Crippen LogP contribution in [-0.2, 0) is 19.2 Å². The van der Waals surface area contributed by atoms with Crippen LogP contribution in [0.25, 0.3) is 0 Å². The molecule has 10 nitrogen and oxygen atoms in total. The summed E-state index contributed by atoms with van der Waals surface area (Å²) in [5, 5.41) is 19.8. The predicted octanol–water partition coefficient (Wildman–Crippen LogP) is 0.172. The van der Waals surface area contributed by atoms with Crippen molar-refractivity contribution >= 4 is 51.6 Å². The number of nitrogens with one attached hydrogen (secondary N) is 2. The monoisotopic (exact) mass is 425 g/mol. The van der Waals surface area contributed by atoms with Crippen LogP contribution in [-0.4, -0.2) is 57.7 Å². The van der Waals surface area contributed by atoms with Gasteiger partial charge in [0, 0.05) is 24.1 Å². The van der Waals surface area contributed by atoms with E-state index in [9.17, 15) is 14.4 Å². The second-order valence-corrected chi connectivity index (χ2v) is 8.34. The van der Waals surface area contributed by atoms with Crippen molar-refractivity contribution in [2.45, 2.75) is 18.7 Å². The number of hydrogen-bond donors (Lipinski definition) is 4. The van der Waals surface area contributed by atoms with Gasteiger partial charge in [0.2, 0.25) is 6.61 Å². The summed E-state index contributed by atoms with van der Waals surface area (Å²) in [6.07, 6.45) is 0.514. The molecule has 0 fully saturated rings. The van der Waals surface area contributed by atoms with Crippen molar-refractivity contribution in [3.63, 3.8) is 0 Å². The average Bonchev–Trinajstić information content (AvgIpc) is 3.19. The van der Waals surface area contributed by atoms with E-state index in [0.717, 1.165) is 22.7 Å². The van der Waals surface area contributed by atoms with Crippen LogP contribution in [0.3, 0.4) is 0 Å². The van der Waals surface area contributed by atoms with Crippen molar-refractivity contribution in [3.8, 4) is 0 Å². The summed E-state index contributed by atoms with van der Waals surface area (Å²) in [7, 11) is 0. The van der Waals surface area contributed by atoms with Gasteiger partial charge in [-0.2, -0.15) is 0 Å². The van der Waals surface area contributed by atoms with Crippen LogP contribution >= 0.6 is 23.1 Å². The molecule has 12 heteroatoms. The van der Waals surface area contributed by atoms with Crippen LogP contribution in [0.15, 0.2) is 21.8 Å². The van der Waals surface area contributed by atoms with Gasteiger partial charge in [-0.25, -0.2) is 9.78 Å². The zero-order valence-electron chi connectivity index (χ0n) is 14.9. The smallest absolute Gasteiger partial charge is 0.344 e. The Morgan fingerprint density at radius 1 is 1.54 bits per heavy atom. The maximum atomic E-state index is 12.6. The molecule has 3 rings (SSSR count). The van der Waals surface area contributed by atoms with Gasteiger partial charge in [0.25, 0.3) is 5.91 Å². The summed E-state index contributed by atoms with van der Waals surface area (Å²) in [5.74, 6) is -0.714. The van der Waals surface area contributed by atoms with E-state index >= 15 is 0 Å². The van der Waals surface area contributed by atoms with E-state index in [0.29, 0.717) is 12.1 Å². The number of aromatic nitrogens is 1. The van der Waals surface area contributed by atoms with Crippen LogP contribution in [0.2, 0.25) is 0 Å². The molecule has 2 unspecified atom stereocenters. The molecule has 1 aromatic rings. The molecule has 2 aliphatic rings. The zero-order valence-corrected chi connectivity index (χ0v) is 16.6. The highest BCUT2D eigenvalue weighted by Gasteiger charge is 2.34. The van der Waals surface area contributed by atoms with Gasteiger partial charge >= 0.3 is 5.97 Å². The van der Waals surface area contributed by atoms with Crippen molar-refractivity contribution in [1.82, 2.24) is 15.6 Å². The predicted molar refractivity (Wildman–Crippen MR) is 105 cm³/mol. The molecular formula is C16H19N5O5S2. The van der Waals surface area contributed by atoms with Gasteiger partial charge in [-0.3, -0.25) is 9.59 Å². The van der Waals surface area contributed by atoms with Gasteiger partial charge in [0.1, 0.15) is 5.69 Å². The SMILES string of the molecule is CC1CC(=O)C2=C1CSC(CNC(=O)/C(=N\OCC(=O)O)c1csc(N)n1)N2. The Bertz CT molecular complexity index is 865. The number of hydrogen-bond acceptors (Lipinski definition) is 10. The third-order valence-electron chi connectivity index (χ3n) is 4.20. The molecular weight excluding hydrogens is 406 g/mol. The Morgan fingerprint density at radius 2 is 2.32 bits per heavy atom. The average molecular weight is 425 g/mol. The molecule has 2 atom stereocenters. The fraction of sp³-hybridized carbons (Fsp3) is 0.438. The van der Waals surface area contributed by atoms with E-state index in [1.807, 2.05) is 6.92 Å². The maximum Gasteiger partial charge on any atom is 0.344 e. The summed E-state index contributed by atoms with van der Waals surface area (Å²) >= 11 is 2.72. The molecule has 0 aromatic carbocycles. The molecule has 0 saturated heterocycles. The molecule has 1 amide bonds. The number of ketones is 1. The van der Waals surface area contributed by atoms with Gasteiger partial charge in [-0.1, -0.05) is 12.1 Å². The molecule has 150 valence electrons. The minimum atomic E-state index is -1.22. The number of aliphatic carboxylic acids is 1. The zero-order chi connectivity index (χ0) is 20.3. The van der Waals surface area contributed by atoms with E-state index in [-0.39, 0.29) is 40.2 Å². The van der Waals surface area contributed by atoms with Gasteiger partial charge in [-0.05, 0) is 11.5 Å². The number of carbonyl (C=O) groups is 3. The third kappa shape index (κ3) is 4.62. The first-order valence-corrected chi connectivity index (χ1v) is 10.3. The molecule has 1 aromatic heterocycles. The lowest BCUT2D eigenvalue weighted by molar-refractivity contribution is -0.142. The van der Waals surface area contributed by atoms with Crippen molar-refractivity contribution in [1.29, 1.82) is 0 Å². The lowest BCUT2D eigenvalue weighted by Crippen LogP contribution is -2.44. The van der Waals surface area contributed by atoms with Crippen LogP contribution in [0.5, 0.6) is 0 Å². The van der Waals surface area contributed by atoms with Crippen molar-refractivity contribution in [2.24, 2.45) is 11.1 Å². The number of nitrogens with zero attached hydrogens (tertiary/aromatic N) is 2. The molecule has 5 N–H and O–H groups in total. The van der Waals surface area contributed by atoms with E-state index in [1.165, 1.54) is 5.38 Å². The highest BCUT2D eigenvalue weighted by molar-refractivity contribution is 8.00. The lowest BCUT2D eigenvalue weighted by Gasteiger charge is -2.26. The Morgan fingerprint density at radius 3 is 3.00 bits per heavy atom. The standard InChI is InChI=1S/C16H19N5O5S2/c1-7-2-10(22)13-8(7)5-27-11(20-13)3-18-15(25)14(21-26-4-12(23)24)9-6-28-16(17)19-9/h6-7,11,20H,2-5H2,1H3,(H2,17,19)(H,18,25)(H,23,24)/b21-14-. The number of oxime groups is 1. The first-order valence-electron chi connectivity index (χ1n) is 8.41. The minimum Gasteiger partial charge on any atom is -0.479 e. The number of anilines is 1. The number of carboxylic acid groups (broad SMARTS) is 1. The molecule has 0 radical (unpaired) electrons. The topological polar surface area (TPSA) is 156 Å². The van der Waals surface area contributed by atoms with E-state index < -0.39 is 18.5 Å². The second-order valence-electron chi connectivity index (χ2n) is 6.26. The minimum absolute atomic E-state index is 0.0985. The number of Topliss-reactive ketones (excluding diaryl/α,β-unsaturated/α-hetero) is 1. The molecule has 28 heavy (non-hydrogen) atoms. The number of thioether (sulfide) groups is 1. The third-order valence-corrected chi connectivity index (χ3v) is 6.04. The van der Waals surface area contributed by atoms with E-state index in [2.05, 4.69) is 20.8 Å². The van der Waals surface area contributed by atoms with Crippen LogP contribution in [0.1, 0.15) is 19.0 Å². The van der Waals surface area contributed by atoms with E-state index in [1.54, 1.807) is 11.8 Å². The van der Waals surface area contributed by atoms with Crippen molar-refractivity contribution in [2.75, 3.05) is 24.6 Å². The number of carbonyl (C=O) groups excluding carboxylic acids is 2. The second kappa shape index (κ2) is 8.61. The maximum absolute atomic E-state index is 12.6. The summed E-state index contributed by atoms with van der Waals surface area (Å²) in [5.41, 5.74) is 7.41. The van der Waals surface area contributed by atoms with E-state index in [4.69, 9.17) is 15.7 Å². The highest BCUT2D eigenvalue weighted by Crippen LogP contribution is 2.35. The summed E-state index contributed by atoms with van der Waals surface area (Å²) < 4.78 is 0. The number of carboxylic acids is 1. The van der Waals surface area contributed by atoms with Gasteiger partial charge < -0.3 is 26.3 Å². The summed E-state index contributed by atoms with van der Waals surface area (Å²) in [4.78, 5) is 43.9. The largest absolute Gasteiger partial charge is 0.479 e. The number of nitrogen functional groups attached to an aromatic ring is 1. The van der Waals surface area contributed by atoms with Gasteiger partial charge in [0.15, 0.2) is 16.6 Å². The van der Waals surface area contributed by atoms with Gasteiger partial charge in [0.05, 0.1) is 11.1 Å². The molecule has 0 bridgehead atoms. The lowest BCUT2D eigenvalue weighted by atomic mass is 10.1. The number of amides is 1. The molecule has 1 aliphatic carbocycles. The molecule has 1 aliphatic heterocycles.